The van der Waals surface area contributed by atoms with Gasteiger partial charge in [-0.05, 0) is 25.0 Å². The van der Waals surface area contributed by atoms with Gasteiger partial charge < -0.3 is 9.80 Å². The number of para-hydroxylation sites is 1. The van der Waals surface area contributed by atoms with Crippen LogP contribution in [0.25, 0.3) is 0 Å². The molecule has 0 radical (unpaired) electrons. The smallest absolute Gasteiger partial charge is 0.105 e. The maximum atomic E-state index is 2.38. The molecule has 0 fully saturated rings. The third-order valence-corrected chi connectivity index (χ3v) is 3.62. The van der Waals surface area contributed by atoms with Gasteiger partial charge in [-0.2, -0.15) is 0 Å². The number of hydrogen-bond donors (Lipinski definition) is 0. The predicted molar refractivity (Wildman–Crippen MR) is 78.4 cm³/mol. The van der Waals surface area contributed by atoms with Gasteiger partial charge in [0.25, 0.3) is 0 Å². The molecular weight excluding hydrogens is 220 g/mol. The highest BCUT2D eigenvalue weighted by molar-refractivity contribution is 5.51. The Balaban J connectivity index is 1.95. The van der Waals surface area contributed by atoms with Crippen molar-refractivity contribution < 1.29 is 0 Å². The lowest BCUT2D eigenvalue weighted by molar-refractivity contribution is 0.329. The van der Waals surface area contributed by atoms with E-state index >= 15 is 0 Å². The first-order valence-corrected chi connectivity index (χ1v) is 7.06. The fraction of sp³-hybridized carbons (Fsp3) is 0.500. The molecule has 1 aliphatic rings. The highest BCUT2D eigenvalue weighted by Gasteiger charge is 2.23. The number of hydrogen-bond acceptors (Lipinski definition) is 2. The van der Waals surface area contributed by atoms with E-state index in [-0.39, 0.29) is 0 Å². The van der Waals surface area contributed by atoms with Gasteiger partial charge in [-0.15, -0.1) is 0 Å². The molecule has 1 aliphatic heterocycles. The summed E-state index contributed by atoms with van der Waals surface area (Å²) in [5.74, 6) is 0. The predicted octanol–water partition coefficient (Wildman–Crippen LogP) is 4.21. The van der Waals surface area contributed by atoms with Gasteiger partial charge in [0.05, 0.1) is 0 Å². The molecule has 0 bridgehead atoms. The fourth-order valence-corrected chi connectivity index (χ4v) is 2.53. The molecule has 1 unspecified atom stereocenters. The van der Waals surface area contributed by atoms with E-state index in [1.165, 1.54) is 37.8 Å². The number of rotatable bonds is 6. The topological polar surface area (TPSA) is 6.48 Å². The van der Waals surface area contributed by atoms with Crippen molar-refractivity contribution >= 4 is 5.69 Å². The van der Waals surface area contributed by atoms with E-state index in [4.69, 9.17) is 0 Å². The zero-order valence-corrected chi connectivity index (χ0v) is 11.5. The molecule has 0 aromatic heterocycles. The van der Waals surface area contributed by atoms with Gasteiger partial charge in [-0.25, -0.2) is 0 Å². The van der Waals surface area contributed by atoms with E-state index < -0.39 is 0 Å². The minimum absolute atomic E-state index is 0.490. The second kappa shape index (κ2) is 6.48. The quantitative estimate of drug-likeness (QED) is 0.692. The van der Waals surface area contributed by atoms with E-state index in [1.807, 2.05) is 0 Å². The van der Waals surface area contributed by atoms with Crippen LogP contribution >= 0.6 is 0 Å². The summed E-state index contributed by atoms with van der Waals surface area (Å²) in [4.78, 5) is 4.70. The standard InChI is InChI=1S/C16H24N2/c1-3-4-5-9-12-16-17(2)13-14-18(16)15-10-7-6-8-11-15/h6-8,10-11,13-14,16H,3-5,9,12H2,1-2H3. The minimum atomic E-state index is 0.490. The van der Waals surface area contributed by atoms with E-state index in [1.54, 1.807) is 0 Å². The summed E-state index contributed by atoms with van der Waals surface area (Å²) in [5.41, 5.74) is 1.29. The Bertz CT molecular complexity index is 372. The third-order valence-electron chi connectivity index (χ3n) is 3.62. The van der Waals surface area contributed by atoms with E-state index in [2.05, 4.69) is 66.5 Å². The molecule has 0 spiro atoms. The number of nitrogens with zero attached hydrogens (tertiary/aromatic N) is 2. The average molecular weight is 244 g/mol. The zero-order chi connectivity index (χ0) is 12.8. The second-order valence-electron chi connectivity index (χ2n) is 5.04. The first-order chi connectivity index (χ1) is 8.83. The van der Waals surface area contributed by atoms with Gasteiger partial charge in [0, 0.05) is 25.1 Å². The van der Waals surface area contributed by atoms with Crippen LogP contribution in [0.2, 0.25) is 0 Å². The van der Waals surface area contributed by atoms with Gasteiger partial charge in [0.2, 0.25) is 0 Å². The Morgan fingerprint density at radius 3 is 2.50 bits per heavy atom. The van der Waals surface area contributed by atoms with Gasteiger partial charge in [-0.3, -0.25) is 0 Å². The maximum Gasteiger partial charge on any atom is 0.105 e. The Kier molecular flexibility index (Phi) is 4.68. The summed E-state index contributed by atoms with van der Waals surface area (Å²) >= 11 is 0. The monoisotopic (exact) mass is 244 g/mol. The van der Waals surface area contributed by atoms with Crippen molar-refractivity contribution in [2.75, 3.05) is 11.9 Å². The van der Waals surface area contributed by atoms with Crippen LogP contribution in [-0.2, 0) is 0 Å². The molecule has 0 aliphatic carbocycles. The lowest BCUT2D eigenvalue weighted by Gasteiger charge is -2.30. The van der Waals surface area contributed by atoms with Crippen LogP contribution < -0.4 is 4.90 Å². The minimum Gasteiger partial charge on any atom is -0.359 e. The zero-order valence-electron chi connectivity index (χ0n) is 11.5. The largest absolute Gasteiger partial charge is 0.359 e. The van der Waals surface area contributed by atoms with Crippen LogP contribution in [0.1, 0.15) is 39.0 Å². The molecule has 0 saturated carbocycles. The highest BCUT2D eigenvalue weighted by Crippen LogP contribution is 2.26. The molecule has 18 heavy (non-hydrogen) atoms. The summed E-state index contributed by atoms with van der Waals surface area (Å²) < 4.78 is 0. The lowest BCUT2D eigenvalue weighted by atomic mass is 10.1. The average Bonchev–Trinajstić information content (AvgIpc) is 2.77. The van der Waals surface area contributed by atoms with Crippen LogP contribution in [0.15, 0.2) is 42.7 Å². The van der Waals surface area contributed by atoms with Gasteiger partial charge >= 0.3 is 0 Å². The van der Waals surface area contributed by atoms with Gasteiger partial charge in [0.1, 0.15) is 6.17 Å². The summed E-state index contributed by atoms with van der Waals surface area (Å²) in [6.45, 7) is 2.26. The van der Waals surface area contributed by atoms with Crippen LogP contribution in [0.3, 0.4) is 0 Å². The summed E-state index contributed by atoms with van der Waals surface area (Å²) in [6, 6.07) is 10.7. The molecule has 2 rings (SSSR count). The molecule has 2 heteroatoms. The first kappa shape index (κ1) is 13.0. The van der Waals surface area contributed by atoms with Crippen LogP contribution in [-0.4, -0.2) is 18.1 Å². The van der Waals surface area contributed by atoms with Crippen molar-refractivity contribution in [1.82, 2.24) is 4.90 Å². The lowest BCUT2D eigenvalue weighted by Crippen LogP contribution is -2.36. The molecule has 1 atom stereocenters. The molecule has 2 nitrogen and oxygen atoms in total. The summed E-state index contributed by atoms with van der Waals surface area (Å²) in [7, 11) is 2.17. The third kappa shape index (κ3) is 3.06. The molecule has 1 aromatic carbocycles. The van der Waals surface area contributed by atoms with Crippen molar-refractivity contribution in [2.45, 2.75) is 45.2 Å². The molecule has 0 saturated heterocycles. The first-order valence-electron chi connectivity index (χ1n) is 7.06. The SMILES string of the molecule is CCCCCCC1N(C)C=CN1c1ccccc1. The van der Waals surface area contributed by atoms with Crippen molar-refractivity contribution in [1.29, 1.82) is 0 Å². The molecule has 1 aromatic rings. The molecule has 1 heterocycles. The van der Waals surface area contributed by atoms with Crippen molar-refractivity contribution in [3.63, 3.8) is 0 Å². The Morgan fingerprint density at radius 1 is 1.00 bits per heavy atom. The molecule has 0 amide bonds. The van der Waals surface area contributed by atoms with E-state index in [9.17, 15) is 0 Å². The van der Waals surface area contributed by atoms with Crippen molar-refractivity contribution in [3.8, 4) is 0 Å². The molecule has 0 N–H and O–H groups in total. The normalized spacial score (nSPS) is 18.7. The van der Waals surface area contributed by atoms with Gasteiger partial charge in [-0.1, -0.05) is 44.4 Å². The van der Waals surface area contributed by atoms with Crippen LogP contribution in [0.4, 0.5) is 5.69 Å². The summed E-state index contributed by atoms with van der Waals surface area (Å²) in [5, 5.41) is 0. The molecule has 98 valence electrons. The number of anilines is 1. The number of unbranched alkanes of at least 4 members (excludes halogenated alkanes) is 3. The Labute approximate surface area is 111 Å². The fourth-order valence-electron chi connectivity index (χ4n) is 2.53. The van der Waals surface area contributed by atoms with E-state index in [0.29, 0.717) is 6.17 Å². The Morgan fingerprint density at radius 2 is 1.78 bits per heavy atom. The van der Waals surface area contributed by atoms with Crippen LogP contribution in [0, 0.1) is 0 Å². The van der Waals surface area contributed by atoms with Gasteiger partial charge in [0.15, 0.2) is 0 Å². The van der Waals surface area contributed by atoms with Crippen LogP contribution in [0.5, 0.6) is 0 Å². The second-order valence-corrected chi connectivity index (χ2v) is 5.04. The van der Waals surface area contributed by atoms with Crippen molar-refractivity contribution in [2.24, 2.45) is 0 Å². The number of benzene rings is 1. The maximum absolute atomic E-state index is 2.38. The van der Waals surface area contributed by atoms with E-state index in [0.717, 1.165) is 0 Å². The Hall–Kier alpha value is -1.44. The summed E-state index contributed by atoms with van der Waals surface area (Å²) in [6.07, 6.45) is 11.4. The molecular formula is C16H24N2. The van der Waals surface area contributed by atoms with Crippen molar-refractivity contribution in [3.05, 3.63) is 42.7 Å². The highest BCUT2D eigenvalue weighted by atomic mass is 15.4.